The first kappa shape index (κ1) is 31.3. The average Bonchev–Trinajstić information content (AvgIpc) is 2.77. The number of amides is 1. The van der Waals surface area contributed by atoms with Crippen LogP contribution in [0.15, 0.2) is 36.4 Å². The van der Waals surface area contributed by atoms with E-state index in [1.807, 2.05) is 24.3 Å². The zero-order chi connectivity index (χ0) is 25.1. The zero-order valence-electron chi connectivity index (χ0n) is 20.9. The van der Waals surface area contributed by atoms with Crippen LogP contribution in [0.1, 0.15) is 102 Å². The molecule has 0 aliphatic rings. The molecule has 3 N–H and O–H groups in total. The zero-order valence-corrected chi connectivity index (χ0v) is 23.9. The van der Waals surface area contributed by atoms with Crippen molar-refractivity contribution in [2.24, 2.45) is 0 Å². The summed E-state index contributed by atoms with van der Waals surface area (Å²) in [5.41, 5.74) is 0.959. The summed E-state index contributed by atoms with van der Waals surface area (Å²) < 4.78 is 12.6. The van der Waals surface area contributed by atoms with Crippen LogP contribution >= 0.6 is 30.2 Å². The van der Waals surface area contributed by atoms with Gasteiger partial charge in [-0.2, -0.15) is 0 Å². The molecule has 1 aromatic carbocycles. The van der Waals surface area contributed by atoms with Gasteiger partial charge in [0.2, 0.25) is 5.91 Å². The molecule has 0 aliphatic carbocycles. The Morgan fingerprint density at radius 2 is 1.44 bits per heavy atom. The van der Waals surface area contributed by atoms with Crippen molar-refractivity contribution in [1.29, 1.82) is 0 Å². The first-order chi connectivity index (χ1) is 16.3. The lowest BCUT2D eigenvalue weighted by Gasteiger charge is -2.19. The van der Waals surface area contributed by atoms with Crippen LogP contribution in [0.5, 0.6) is 0 Å². The Balaban J connectivity index is 2.13. The third-order valence-corrected chi connectivity index (χ3v) is 7.52. The van der Waals surface area contributed by atoms with Crippen LogP contribution in [0.25, 0.3) is 0 Å². The van der Waals surface area contributed by atoms with Crippen molar-refractivity contribution < 1.29 is 19.1 Å². The van der Waals surface area contributed by atoms with E-state index in [4.69, 9.17) is 0 Å². The van der Waals surface area contributed by atoms with Crippen LogP contribution in [0.4, 0.5) is 0 Å². The van der Waals surface area contributed by atoms with Crippen LogP contribution < -0.4 is 5.32 Å². The highest BCUT2D eigenvalue weighted by Crippen LogP contribution is 2.35. The predicted octanol–water partition coefficient (Wildman–Crippen LogP) is 7.53. The minimum Gasteiger partial charge on any atom is -0.352 e. The van der Waals surface area contributed by atoms with E-state index in [9.17, 15) is 19.1 Å². The number of halogens is 1. The van der Waals surface area contributed by atoms with Crippen molar-refractivity contribution in [2.45, 2.75) is 109 Å². The molecule has 1 aromatic rings. The number of carbonyl (C=O) groups is 1. The van der Waals surface area contributed by atoms with Gasteiger partial charge >= 0.3 is 7.60 Å². The lowest BCUT2D eigenvalue weighted by molar-refractivity contribution is -0.121. The van der Waals surface area contributed by atoms with Crippen molar-refractivity contribution in [2.75, 3.05) is 6.16 Å². The second-order valence-electron chi connectivity index (χ2n) is 9.28. The molecular weight excluding hydrogens is 560 g/mol. The fourth-order valence-electron chi connectivity index (χ4n) is 4.01. The fourth-order valence-corrected chi connectivity index (χ4v) is 5.16. The number of allylic oxidation sites excluding steroid dienone is 2. The molecule has 7 heteroatoms. The number of hydrogen-bond donors (Lipinski definition) is 3. The standard InChI is InChI=1S/C27H45INO4P/c1-2-3-4-5-6-7-8-9-10-11-12-13-14-15-16-17-27(30)29-26(23-34(31,32)33)22-24-18-20-25(28)21-19-24/h9-10,18-21,26H,2-8,11-17,22-23H2,1H3,(H,29,30)(H2,31,32,33)/b10-9-/t26-/m1/s1. The van der Waals surface area contributed by atoms with Gasteiger partial charge < -0.3 is 15.1 Å². The van der Waals surface area contributed by atoms with Crippen molar-refractivity contribution >= 4 is 36.1 Å². The molecule has 1 rings (SSSR count). The Labute approximate surface area is 220 Å². The highest BCUT2D eigenvalue weighted by molar-refractivity contribution is 14.1. The van der Waals surface area contributed by atoms with Gasteiger partial charge in [-0.05, 0) is 78.8 Å². The molecule has 0 radical (unpaired) electrons. The monoisotopic (exact) mass is 605 g/mol. The molecule has 1 amide bonds. The van der Waals surface area contributed by atoms with Gasteiger partial charge in [0.1, 0.15) is 0 Å². The molecule has 0 saturated heterocycles. The first-order valence-electron chi connectivity index (χ1n) is 13.0. The SMILES string of the molecule is CCCCCCCC/C=C\CCCCCCCC(=O)N[C@H](Cc1ccc(I)cc1)CP(=O)(O)O. The smallest absolute Gasteiger partial charge is 0.327 e. The number of benzene rings is 1. The lowest BCUT2D eigenvalue weighted by Crippen LogP contribution is -2.39. The quantitative estimate of drug-likeness (QED) is 0.0621. The Bertz CT molecular complexity index is 733. The Kier molecular flexibility index (Phi) is 18.0. The summed E-state index contributed by atoms with van der Waals surface area (Å²) in [6, 6.07) is 7.22. The molecule has 0 saturated carbocycles. The van der Waals surface area contributed by atoms with Gasteiger partial charge in [-0.25, -0.2) is 0 Å². The maximum absolute atomic E-state index is 12.3. The van der Waals surface area contributed by atoms with Gasteiger partial charge in [-0.3, -0.25) is 9.36 Å². The Hall–Kier alpha value is -0.690. The van der Waals surface area contributed by atoms with Gasteiger partial charge in [0.25, 0.3) is 0 Å². The molecule has 194 valence electrons. The number of unbranched alkanes of at least 4 members (excludes halogenated alkanes) is 11. The molecule has 1 atom stereocenters. The highest BCUT2D eigenvalue weighted by Gasteiger charge is 2.23. The minimum atomic E-state index is -4.21. The van der Waals surface area contributed by atoms with E-state index in [1.54, 1.807) is 0 Å². The Morgan fingerprint density at radius 1 is 0.912 bits per heavy atom. The second-order valence-corrected chi connectivity index (χ2v) is 12.2. The van der Waals surface area contributed by atoms with Gasteiger partial charge in [-0.1, -0.05) is 82.6 Å². The maximum atomic E-state index is 12.3. The summed E-state index contributed by atoms with van der Waals surface area (Å²) in [7, 11) is -4.21. The fraction of sp³-hybridized carbons (Fsp3) is 0.667. The highest BCUT2D eigenvalue weighted by atomic mass is 127. The van der Waals surface area contributed by atoms with Crippen LogP contribution in [-0.4, -0.2) is 27.9 Å². The van der Waals surface area contributed by atoms with E-state index in [1.165, 1.54) is 57.8 Å². The van der Waals surface area contributed by atoms with E-state index in [-0.39, 0.29) is 12.1 Å². The number of nitrogens with one attached hydrogen (secondary N) is 1. The van der Waals surface area contributed by atoms with E-state index >= 15 is 0 Å². The summed E-state index contributed by atoms with van der Waals surface area (Å²) in [5, 5.41) is 2.84. The molecule has 5 nitrogen and oxygen atoms in total. The number of rotatable bonds is 20. The predicted molar refractivity (Wildman–Crippen MR) is 151 cm³/mol. The maximum Gasteiger partial charge on any atom is 0.327 e. The molecule has 34 heavy (non-hydrogen) atoms. The Morgan fingerprint density at radius 3 is 2.00 bits per heavy atom. The average molecular weight is 606 g/mol. The minimum absolute atomic E-state index is 0.124. The van der Waals surface area contributed by atoms with Gasteiger partial charge in [0.15, 0.2) is 0 Å². The van der Waals surface area contributed by atoms with Crippen molar-refractivity contribution in [3.05, 3.63) is 45.6 Å². The van der Waals surface area contributed by atoms with Gasteiger partial charge in [-0.15, -0.1) is 0 Å². The third kappa shape index (κ3) is 18.6. The van der Waals surface area contributed by atoms with Crippen molar-refractivity contribution in [1.82, 2.24) is 5.32 Å². The van der Waals surface area contributed by atoms with E-state index in [0.29, 0.717) is 12.8 Å². The number of hydrogen-bond acceptors (Lipinski definition) is 2. The topological polar surface area (TPSA) is 86.6 Å². The van der Waals surface area contributed by atoms with Crippen LogP contribution in [0, 0.1) is 3.57 Å². The number of carbonyl (C=O) groups excluding carboxylic acids is 1. The summed E-state index contributed by atoms with van der Waals surface area (Å²) in [6.45, 7) is 2.25. The first-order valence-corrected chi connectivity index (χ1v) is 15.9. The molecule has 0 heterocycles. The third-order valence-electron chi connectivity index (χ3n) is 5.88. The summed E-state index contributed by atoms with van der Waals surface area (Å²) in [6.07, 6.45) is 20.9. The van der Waals surface area contributed by atoms with Crippen molar-refractivity contribution in [3.63, 3.8) is 0 Å². The molecule has 0 aliphatic heterocycles. The normalized spacial score (nSPS) is 12.8. The summed E-state index contributed by atoms with van der Waals surface area (Å²) in [4.78, 5) is 31.1. The second kappa shape index (κ2) is 19.5. The van der Waals surface area contributed by atoms with Gasteiger partial charge in [0.05, 0.1) is 6.16 Å². The van der Waals surface area contributed by atoms with Crippen LogP contribution in [-0.2, 0) is 15.8 Å². The van der Waals surface area contributed by atoms with E-state index < -0.39 is 13.6 Å². The molecule has 0 aromatic heterocycles. The molecule has 0 fully saturated rings. The summed E-state index contributed by atoms with van der Waals surface area (Å²) >= 11 is 2.21. The summed E-state index contributed by atoms with van der Waals surface area (Å²) in [5.74, 6) is -0.124. The lowest BCUT2D eigenvalue weighted by atomic mass is 10.1. The van der Waals surface area contributed by atoms with Gasteiger partial charge in [0, 0.05) is 16.0 Å². The molecule has 0 unspecified atom stereocenters. The largest absolute Gasteiger partial charge is 0.352 e. The van der Waals surface area contributed by atoms with Crippen LogP contribution in [0.3, 0.4) is 0 Å². The van der Waals surface area contributed by atoms with E-state index in [2.05, 4.69) is 47.0 Å². The van der Waals surface area contributed by atoms with E-state index in [0.717, 1.165) is 34.8 Å². The van der Waals surface area contributed by atoms with Crippen molar-refractivity contribution in [3.8, 4) is 0 Å². The van der Waals surface area contributed by atoms with Crippen LogP contribution in [0.2, 0.25) is 0 Å². The molecule has 0 bridgehead atoms. The molecule has 0 spiro atoms. The molecular formula is C27H45INO4P.